The van der Waals surface area contributed by atoms with E-state index in [4.69, 9.17) is 22.0 Å². The highest BCUT2D eigenvalue weighted by Gasteiger charge is 2.36. The van der Waals surface area contributed by atoms with Crippen molar-refractivity contribution in [2.45, 2.75) is 45.0 Å². The van der Waals surface area contributed by atoms with Crippen LogP contribution < -0.4 is 0 Å². The Labute approximate surface area is 141 Å². The van der Waals surface area contributed by atoms with Gasteiger partial charge in [0.1, 0.15) is 6.11 Å². The number of terminal acetylenes is 2. The molecule has 120 valence electrons. The van der Waals surface area contributed by atoms with Gasteiger partial charge in [-0.2, -0.15) is 0 Å². The number of rotatable bonds is 4. The Bertz CT molecular complexity index is 673. The highest BCUT2D eigenvalue weighted by atomic mass is 28.4. The second-order valence-electron chi connectivity index (χ2n) is 6.72. The third-order valence-corrected chi connectivity index (χ3v) is 8.61. The van der Waals surface area contributed by atoms with Crippen LogP contribution in [0.1, 0.15) is 38.0 Å². The van der Waals surface area contributed by atoms with E-state index in [0.29, 0.717) is 6.61 Å². The lowest BCUT2D eigenvalue weighted by Gasteiger charge is -2.35. The molecule has 1 aromatic rings. The highest BCUT2D eigenvalue weighted by Crippen LogP contribution is 2.36. The Morgan fingerprint density at radius 1 is 1.17 bits per heavy atom. The number of hydrogen-bond acceptors (Lipinski definition) is 2. The molecule has 3 heteroatoms. The molecule has 2 nitrogen and oxygen atoms in total. The predicted molar refractivity (Wildman–Crippen MR) is 98.0 cm³/mol. The van der Waals surface area contributed by atoms with Crippen molar-refractivity contribution in [2.24, 2.45) is 0 Å². The first kappa shape index (κ1) is 18.9. The second-order valence-corrected chi connectivity index (χ2v) is 11.5. The number of benzene rings is 1. The first-order chi connectivity index (χ1) is 10.7. The molecule has 0 amide bonds. The normalized spacial score (nSPS) is 12.3. The van der Waals surface area contributed by atoms with E-state index in [1.165, 1.54) is 0 Å². The maximum Gasteiger partial charge on any atom is 0.197 e. The molecule has 1 rings (SSSR count). The molecule has 0 radical (unpaired) electrons. The summed E-state index contributed by atoms with van der Waals surface area (Å²) in [6, 6.07) is 7.48. The van der Waals surface area contributed by atoms with E-state index in [1.54, 1.807) is 0 Å². The molecule has 1 unspecified atom stereocenters. The van der Waals surface area contributed by atoms with Crippen molar-refractivity contribution >= 4 is 8.32 Å². The SMILES string of the molecule is C#COC(C#CCO[Si](C)(C)C(C)(C)C)c1ccccc1C#C. The van der Waals surface area contributed by atoms with Crippen molar-refractivity contribution in [3.05, 3.63) is 35.4 Å². The average molecular weight is 324 g/mol. The van der Waals surface area contributed by atoms with Gasteiger partial charge in [-0.15, -0.1) is 6.42 Å². The summed E-state index contributed by atoms with van der Waals surface area (Å²) in [4.78, 5) is 0. The van der Waals surface area contributed by atoms with Crippen molar-refractivity contribution in [1.29, 1.82) is 0 Å². The standard InChI is InChI=1S/C20H24O2Si/c1-8-17-13-10-11-14-18(17)19(21-9-2)15-12-16-22-23(6,7)20(3,4)5/h1-2,10-11,13-14,19H,16H2,3-7H3. The number of ether oxygens (including phenoxy) is 1. The molecule has 0 bridgehead atoms. The largest absolute Gasteiger partial charge is 0.425 e. The Morgan fingerprint density at radius 3 is 2.39 bits per heavy atom. The molecular formula is C20H24O2Si. The Morgan fingerprint density at radius 2 is 1.83 bits per heavy atom. The number of hydrogen-bond donors (Lipinski definition) is 0. The summed E-state index contributed by atoms with van der Waals surface area (Å²) in [5.41, 5.74) is 1.53. The minimum Gasteiger partial charge on any atom is -0.425 e. The molecule has 0 aliphatic heterocycles. The van der Waals surface area contributed by atoms with Gasteiger partial charge in [-0.3, -0.25) is 0 Å². The van der Waals surface area contributed by atoms with Gasteiger partial charge >= 0.3 is 0 Å². The Balaban J connectivity index is 2.88. The van der Waals surface area contributed by atoms with Gasteiger partial charge in [0.15, 0.2) is 14.4 Å². The summed E-state index contributed by atoms with van der Waals surface area (Å²) >= 11 is 0. The fourth-order valence-corrected chi connectivity index (χ4v) is 2.53. The summed E-state index contributed by atoms with van der Waals surface area (Å²) in [7, 11) is -1.81. The molecule has 0 saturated heterocycles. The van der Waals surface area contributed by atoms with Crippen LogP contribution in [0, 0.1) is 36.7 Å². The van der Waals surface area contributed by atoms with E-state index >= 15 is 0 Å². The first-order valence-corrected chi connectivity index (χ1v) is 10.4. The molecule has 0 saturated carbocycles. The van der Waals surface area contributed by atoms with Gasteiger partial charge in [0.2, 0.25) is 0 Å². The van der Waals surface area contributed by atoms with Crippen LogP contribution in [0.2, 0.25) is 18.1 Å². The lowest BCUT2D eigenvalue weighted by molar-refractivity contribution is 0.224. The second kappa shape index (κ2) is 7.93. The Kier molecular flexibility index (Phi) is 6.53. The van der Waals surface area contributed by atoms with Gasteiger partial charge in [-0.05, 0) is 24.2 Å². The maximum atomic E-state index is 6.03. The van der Waals surface area contributed by atoms with Crippen LogP contribution in [0.25, 0.3) is 0 Å². The molecule has 0 fully saturated rings. The molecule has 0 heterocycles. The van der Waals surface area contributed by atoms with Gasteiger partial charge in [-0.25, -0.2) is 0 Å². The summed E-state index contributed by atoms with van der Waals surface area (Å²) in [6.07, 6.45) is 12.4. The van der Waals surface area contributed by atoms with Crippen LogP contribution >= 0.6 is 0 Å². The minimum absolute atomic E-state index is 0.152. The lowest BCUT2D eigenvalue weighted by Crippen LogP contribution is -2.40. The van der Waals surface area contributed by atoms with Gasteiger partial charge in [0.25, 0.3) is 0 Å². The van der Waals surface area contributed by atoms with E-state index in [1.807, 2.05) is 24.3 Å². The summed E-state index contributed by atoms with van der Waals surface area (Å²) in [6.45, 7) is 11.3. The van der Waals surface area contributed by atoms with Gasteiger partial charge < -0.3 is 9.16 Å². The van der Waals surface area contributed by atoms with E-state index in [0.717, 1.165) is 11.1 Å². The van der Waals surface area contributed by atoms with E-state index in [2.05, 4.69) is 57.7 Å². The highest BCUT2D eigenvalue weighted by molar-refractivity contribution is 6.74. The van der Waals surface area contributed by atoms with Gasteiger partial charge in [0, 0.05) is 11.1 Å². The van der Waals surface area contributed by atoms with E-state index in [-0.39, 0.29) is 5.04 Å². The molecule has 0 aliphatic rings. The van der Waals surface area contributed by atoms with Gasteiger partial charge in [-0.1, -0.05) is 63.2 Å². The van der Waals surface area contributed by atoms with Crippen molar-refractivity contribution < 1.29 is 9.16 Å². The maximum absolute atomic E-state index is 6.03. The van der Waals surface area contributed by atoms with Crippen LogP contribution in [-0.2, 0) is 9.16 Å². The summed E-state index contributed by atoms with van der Waals surface area (Å²) in [5, 5.41) is 0.152. The molecule has 0 N–H and O–H groups in total. The average Bonchev–Trinajstić information content (AvgIpc) is 2.49. The monoisotopic (exact) mass is 324 g/mol. The van der Waals surface area contributed by atoms with Crippen LogP contribution in [0.4, 0.5) is 0 Å². The predicted octanol–water partition coefficient (Wildman–Crippen LogP) is 4.34. The van der Waals surface area contributed by atoms with E-state index in [9.17, 15) is 0 Å². The fourth-order valence-electron chi connectivity index (χ4n) is 1.66. The molecule has 0 spiro atoms. The minimum atomic E-state index is -1.81. The summed E-state index contributed by atoms with van der Waals surface area (Å²) in [5.74, 6) is 8.67. The lowest BCUT2D eigenvalue weighted by atomic mass is 10.0. The topological polar surface area (TPSA) is 18.5 Å². The molecule has 0 aromatic heterocycles. The smallest absolute Gasteiger partial charge is 0.197 e. The third kappa shape index (κ3) is 5.22. The zero-order valence-electron chi connectivity index (χ0n) is 14.6. The summed E-state index contributed by atoms with van der Waals surface area (Å²) < 4.78 is 11.3. The zero-order valence-corrected chi connectivity index (χ0v) is 15.6. The third-order valence-electron chi connectivity index (χ3n) is 4.13. The molecule has 23 heavy (non-hydrogen) atoms. The molecule has 0 aliphatic carbocycles. The van der Waals surface area contributed by atoms with Crippen molar-refractivity contribution in [1.82, 2.24) is 0 Å². The van der Waals surface area contributed by atoms with Crippen molar-refractivity contribution in [2.75, 3.05) is 6.61 Å². The van der Waals surface area contributed by atoms with Crippen LogP contribution in [0.5, 0.6) is 0 Å². The molecule has 1 aromatic carbocycles. The fraction of sp³-hybridized carbons (Fsp3) is 0.400. The quantitative estimate of drug-likeness (QED) is 0.606. The Hall–Kier alpha value is -2.12. The van der Waals surface area contributed by atoms with Crippen LogP contribution in [-0.4, -0.2) is 14.9 Å². The first-order valence-electron chi connectivity index (χ1n) is 7.52. The van der Waals surface area contributed by atoms with Crippen molar-refractivity contribution in [3.8, 4) is 36.7 Å². The zero-order chi connectivity index (χ0) is 17.5. The molecular weight excluding hydrogens is 300 g/mol. The van der Waals surface area contributed by atoms with Crippen molar-refractivity contribution in [3.63, 3.8) is 0 Å². The molecule has 1 atom stereocenters. The van der Waals surface area contributed by atoms with E-state index < -0.39 is 14.4 Å². The van der Waals surface area contributed by atoms with Crippen LogP contribution in [0.3, 0.4) is 0 Å². The van der Waals surface area contributed by atoms with Gasteiger partial charge in [0.05, 0.1) is 6.61 Å². The van der Waals surface area contributed by atoms with Crippen LogP contribution in [0.15, 0.2) is 24.3 Å².